The van der Waals surface area contributed by atoms with Crippen molar-refractivity contribution < 1.29 is 29.1 Å². The van der Waals surface area contributed by atoms with Gasteiger partial charge in [0.2, 0.25) is 23.6 Å². The molecule has 7 rings (SSSR count). The van der Waals surface area contributed by atoms with Gasteiger partial charge < -0.3 is 51.9 Å². The SMILES string of the molecule is Cc1cc(C)c(CNC(=O)c2cc(-c3ccc(N4CCN(CCNC(=O)CCCC(=O)N[C@H](C(=O)N5C[C@H](O)C[C@H]5C(=O)NCc5ccc(-c6scnc6C)cc5)C(C)(C)C)CC4)nc3)cc(NC(C)C)c2C=N)c(=O)[nH]1. The van der Waals surface area contributed by atoms with Crippen LogP contribution in [0.5, 0.6) is 0 Å². The second-order valence-corrected chi connectivity index (χ2v) is 22.3. The van der Waals surface area contributed by atoms with Gasteiger partial charge in [0.15, 0.2) is 0 Å². The first-order valence-electron chi connectivity index (χ1n) is 26.4. The molecule has 77 heavy (non-hydrogen) atoms. The van der Waals surface area contributed by atoms with Crippen LogP contribution in [0.25, 0.3) is 21.6 Å². The Labute approximate surface area is 454 Å². The van der Waals surface area contributed by atoms with E-state index in [1.807, 2.05) is 109 Å². The van der Waals surface area contributed by atoms with E-state index in [0.29, 0.717) is 35.5 Å². The number of hydrogen-bond donors (Lipinski definition) is 8. The highest BCUT2D eigenvalue weighted by atomic mass is 32.1. The van der Waals surface area contributed by atoms with E-state index in [4.69, 9.17) is 10.4 Å². The average Bonchev–Trinajstić information content (AvgIpc) is 4.01. The van der Waals surface area contributed by atoms with Gasteiger partial charge in [-0.15, -0.1) is 11.3 Å². The fraction of sp³-hybridized carbons (Fsp3) is 0.456. The zero-order valence-corrected chi connectivity index (χ0v) is 46.3. The molecule has 19 nitrogen and oxygen atoms in total. The lowest BCUT2D eigenvalue weighted by Crippen LogP contribution is -2.57. The van der Waals surface area contributed by atoms with Crippen LogP contribution in [-0.2, 0) is 32.3 Å². The summed E-state index contributed by atoms with van der Waals surface area (Å²) in [4.78, 5) is 98.9. The Morgan fingerprint density at radius 2 is 1.60 bits per heavy atom. The largest absolute Gasteiger partial charge is 0.391 e. The zero-order chi connectivity index (χ0) is 55.6. The van der Waals surface area contributed by atoms with Crippen LogP contribution in [-0.4, -0.2) is 136 Å². The van der Waals surface area contributed by atoms with Crippen molar-refractivity contribution in [2.45, 2.75) is 118 Å². The fourth-order valence-corrected chi connectivity index (χ4v) is 10.6. The Morgan fingerprint density at radius 1 is 0.883 bits per heavy atom. The summed E-state index contributed by atoms with van der Waals surface area (Å²) < 4.78 is 0. The van der Waals surface area contributed by atoms with Gasteiger partial charge in [-0.25, -0.2) is 9.97 Å². The lowest BCUT2D eigenvalue weighted by molar-refractivity contribution is -0.144. The highest BCUT2D eigenvalue weighted by molar-refractivity contribution is 7.13. The Morgan fingerprint density at radius 3 is 2.23 bits per heavy atom. The topological polar surface area (TPSA) is 258 Å². The summed E-state index contributed by atoms with van der Waals surface area (Å²) in [7, 11) is 0. The minimum Gasteiger partial charge on any atom is -0.391 e. The van der Waals surface area contributed by atoms with Gasteiger partial charge in [-0.1, -0.05) is 45.0 Å². The molecule has 2 aliphatic rings. The van der Waals surface area contributed by atoms with Gasteiger partial charge in [0.25, 0.3) is 11.5 Å². The number of likely N-dealkylation sites (tertiary alicyclic amines) is 1. The second-order valence-electron chi connectivity index (χ2n) is 21.4. The normalized spacial score (nSPS) is 16.2. The molecule has 0 unspecified atom stereocenters. The molecule has 2 saturated heterocycles. The lowest BCUT2D eigenvalue weighted by atomic mass is 9.85. The molecule has 2 aromatic carbocycles. The minimum absolute atomic E-state index is 0.0277. The molecule has 20 heteroatoms. The number of aliphatic hydroxyl groups excluding tert-OH is 1. The molecule has 0 bridgehead atoms. The summed E-state index contributed by atoms with van der Waals surface area (Å²) in [5.41, 5.74) is 8.64. The van der Waals surface area contributed by atoms with Gasteiger partial charge >= 0.3 is 0 Å². The number of nitrogens with zero attached hydrogens (tertiary/aromatic N) is 5. The van der Waals surface area contributed by atoms with Crippen LogP contribution in [0, 0.1) is 31.6 Å². The van der Waals surface area contributed by atoms with Gasteiger partial charge in [-0.05, 0) is 99.0 Å². The number of anilines is 2. The van der Waals surface area contributed by atoms with Crippen LogP contribution in [0.3, 0.4) is 0 Å². The first-order valence-corrected chi connectivity index (χ1v) is 27.2. The molecule has 5 heterocycles. The van der Waals surface area contributed by atoms with Crippen molar-refractivity contribution in [3.63, 3.8) is 0 Å². The summed E-state index contributed by atoms with van der Waals surface area (Å²) in [6.45, 7) is 19.4. The number of carbonyl (C=O) groups excluding carboxylic acids is 5. The number of aliphatic hydroxyl groups is 1. The van der Waals surface area contributed by atoms with Crippen molar-refractivity contribution in [3.8, 4) is 21.6 Å². The van der Waals surface area contributed by atoms with Gasteiger partial charge in [0.1, 0.15) is 17.9 Å². The number of carbonyl (C=O) groups is 5. The third-order valence-electron chi connectivity index (χ3n) is 14.0. The van der Waals surface area contributed by atoms with E-state index in [1.165, 1.54) is 11.1 Å². The molecule has 3 atom stereocenters. The number of β-amino-alcohol motifs (C(OH)–C–C–N with tert-alkyl or cyclic N) is 1. The molecular weight excluding hydrogens is 997 g/mol. The smallest absolute Gasteiger partial charge is 0.253 e. The number of aromatic amines is 1. The Balaban J connectivity index is 0.838. The molecule has 0 aliphatic carbocycles. The van der Waals surface area contributed by atoms with Crippen molar-refractivity contribution in [2.24, 2.45) is 5.41 Å². The van der Waals surface area contributed by atoms with Crippen LogP contribution in [0.4, 0.5) is 11.5 Å². The van der Waals surface area contributed by atoms with Gasteiger partial charge in [0, 0.05) is 125 Å². The molecule has 2 fully saturated rings. The summed E-state index contributed by atoms with van der Waals surface area (Å²) >= 11 is 1.57. The van der Waals surface area contributed by atoms with E-state index in [9.17, 15) is 33.9 Å². The molecule has 0 spiro atoms. The number of aryl methyl sites for hydroxylation is 3. The van der Waals surface area contributed by atoms with Crippen molar-refractivity contribution in [3.05, 3.63) is 116 Å². The van der Waals surface area contributed by atoms with Gasteiger partial charge in [-0.3, -0.25) is 33.7 Å². The molecule has 410 valence electrons. The van der Waals surface area contributed by atoms with Crippen molar-refractivity contribution in [1.29, 1.82) is 5.41 Å². The molecule has 8 N–H and O–H groups in total. The maximum absolute atomic E-state index is 14.1. The number of rotatable bonds is 21. The summed E-state index contributed by atoms with van der Waals surface area (Å²) in [5, 5.41) is 33.9. The number of aromatic nitrogens is 3. The quantitative estimate of drug-likeness (QED) is 0.0427. The lowest BCUT2D eigenvalue weighted by Gasteiger charge is -2.35. The van der Waals surface area contributed by atoms with E-state index in [-0.39, 0.29) is 74.6 Å². The average molecular weight is 1070 g/mol. The Hall–Kier alpha value is -7.29. The number of nitrogens with one attached hydrogen (secondary N) is 7. The maximum atomic E-state index is 14.1. The third-order valence-corrected chi connectivity index (χ3v) is 15.0. The van der Waals surface area contributed by atoms with Gasteiger partial charge in [-0.2, -0.15) is 0 Å². The molecule has 2 aliphatic heterocycles. The standard InChI is InChI=1S/C57H74N12O7S/c1-34(2)64-46-26-41(25-43(44(46)28-58)53(73)62-31-45-35(3)24-36(4)65-54(45)74)40-16-17-48(60-30-40)68-22-20-67(21-23-68)19-18-59-49(71)10-9-11-50(72)66-52(57(6,7)8)56(76)69-32-42(70)27-47(69)55(75)61-29-38-12-14-39(15-13-38)51-37(5)63-33-77-51/h12-17,24-26,28,30,33-34,42,47,52,58,64,70H,9-11,18-23,27,29,31-32H2,1-8H3,(H,59,71)(H,61,75)(H,62,73)(H,65,74)(H,66,72)/t42-,47+,52-/m1/s1. The van der Waals surface area contributed by atoms with E-state index in [0.717, 1.165) is 76.1 Å². The predicted molar refractivity (Wildman–Crippen MR) is 301 cm³/mol. The van der Waals surface area contributed by atoms with E-state index < -0.39 is 35.4 Å². The molecule has 0 saturated carbocycles. The molecule has 5 amide bonds. The molecule has 3 aromatic heterocycles. The number of hydrogen-bond acceptors (Lipinski definition) is 14. The summed E-state index contributed by atoms with van der Waals surface area (Å²) in [5.74, 6) is -0.963. The monoisotopic (exact) mass is 1070 g/mol. The number of pyridine rings is 2. The van der Waals surface area contributed by atoms with E-state index in [2.05, 4.69) is 46.4 Å². The summed E-state index contributed by atoms with van der Waals surface area (Å²) in [6.07, 6.45) is 2.60. The third kappa shape index (κ3) is 15.0. The molecule has 0 radical (unpaired) electrons. The van der Waals surface area contributed by atoms with Gasteiger partial charge in [0.05, 0.1) is 27.7 Å². The van der Waals surface area contributed by atoms with Crippen molar-refractivity contribution in [1.82, 2.24) is 46.0 Å². The fourth-order valence-electron chi connectivity index (χ4n) is 9.77. The second kappa shape index (κ2) is 25.7. The van der Waals surface area contributed by atoms with E-state index in [1.54, 1.807) is 23.6 Å². The minimum atomic E-state index is -0.967. The Kier molecular flexibility index (Phi) is 19.2. The highest BCUT2D eigenvalue weighted by Crippen LogP contribution is 2.31. The summed E-state index contributed by atoms with van der Waals surface area (Å²) in [6, 6.07) is 15.5. The maximum Gasteiger partial charge on any atom is 0.253 e. The zero-order valence-electron chi connectivity index (χ0n) is 45.5. The first-order chi connectivity index (χ1) is 36.7. The van der Waals surface area contributed by atoms with Crippen LogP contribution < -0.4 is 37.0 Å². The van der Waals surface area contributed by atoms with Crippen molar-refractivity contribution >= 4 is 58.6 Å². The number of thiazole rings is 1. The number of piperazine rings is 1. The van der Waals surface area contributed by atoms with Crippen LogP contribution in [0.2, 0.25) is 0 Å². The molecular formula is C57H74N12O7S. The predicted octanol–water partition coefficient (Wildman–Crippen LogP) is 5.45. The van der Waals surface area contributed by atoms with Crippen LogP contribution in [0.15, 0.2) is 71.1 Å². The van der Waals surface area contributed by atoms with Crippen LogP contribution >= 0.6 is 11.3 Å². The van der Waals surface area contributed by atoms with Crippen LogP contribution in [0.1, 0.15) is 104 Å². The van der Waals surface area contributed by atoms with E-state index >= 15 is 0 Å². The Bertz CT molecular complexity index is 2980. The van der Waals surface area contributed by atoms with Crippen molar-refractivity contribution in [2.75, 3.05) is 56.0 Å². The number of amides is 5. The first kappa shape index (κ1) is 57.4. The molecule has 5 aromatic rings. The number of benzene rings is 2. The highest BCUT2D eigenvalue weighted by Gasteiger charge is 2.44. The number of H-pyrrole nitrogens is 1.